The Labute approximate surface area is 94.8 Å². The number of aromatic nitrogens is 2. The molecule has 0 fully saturated rings. The molecule has 0 aliphatic heterocycles. The first-order valence-electron chi connectivity index (χ1n) is 5.25. The Morgan fingerprint density at radius 1 is 1.75 bits per heavy atom. The number of hydrogen-bond acceptors (Lipinski definition) is 4. The second-order valence-electron chi connectivity index (χ2n) is 3.49. The van der Waals surface area contributed by atoms with Crippen LogP contribution in [0.5, 0.6) is 0 Å². The Kier molecular flexibility index (Phi) is 4.94. The molecule has 0 unspecified atom stereocenters. The molecule has 0 saturated heterocycles. The standard InChI is InChI=1S/C10H18N4O2/c1-3-9(11)10(15)13-8-6-12-14(7-8)4-5-16-2/h6-7,9H,3-5,11H2,1-2H3,(H,13,15)/t9-/m0/s1. The Bertz CT molecular complexity index is 337. The van der Waals surface area contributed by atoms with E-state index in [1.54, 1.807) is 24.2 Å². The fourth-order valence-electron chi connectivity index (χ4n) is 1.16. The molecule has 0 bridgehead atoms. The van der Waals surface area contributed by atoms with E-state index in [4.69, 9.17) is 10.5 Å². The Balaban J connectivity index is 2.48. The van der Waals surface area contributed by atoms with Crippen molar-refractivity contribution in [3.63, 3.8) is 0 Å². The number of hydrogen-bond donors (Lipinski definition) is 2. The number of amides is 1. The van der Waals surface area contributed by atoms with Gasteiger partial charge in [0, 0.05) is 13.3 Å². The highest BCUT2D eigenvalue weighted by Gasteiger charge is 2.11. The van der Waals surface area contributed by atoms with E-state index in [0.29, 0.717) is 25.3 Å². The van der Waals surface area contributed by atoms with Crippen molar-refractivity contribution >= 4 is 11.6 Å². The monoisotopic (exact) mass is 226 g/mol. The van der Waals surface area contributed by atoms with Gasteiger partial charge < -0.3 is 15.8 Å². The van der Waals surface area contributed by atoms with Crippen LogP contribution in [-0.4, -0.2) is 35.4 Å². The van der Waals surface area contributed by atoms with Gasteiger partial charge in [-0.25, -0.2) is 0 Å². The predicted octanol–water partition coefficient (Wildman–Crippen LogP) is 0.205. The van der Waals surface area contributed by atoms with E-state index in [9.17, 15) is 4.79 Å². The maximum absolute atomic E-state index is 11.5. The van der Waals surface area contributed by atoms with Gasteiger partial charge in [-0.1, -0.05) is 6.92 Å². The number of carbonyl (C=O) groups is 1. The van der Waals surface area contributed by atoms with Gasteiger partial charge in [-0.05, 0) is 6.42 Å². The van der Waals surface area contributed by atoms with Crippen LogP contribution >= 0.6 is 0 Å². The van der Waals surface area contributed by atoms with Gasteiger partial charge in [0.15, 0.2) is 0 Å². The quantitative estimate of drug-likeness (QED) is 0.726. The molecule has 1 aromatic rings. The fourth-order valence-corrected chi connectivity index (χ4v) is 1.16. The summed E-state index contributed by atoms with van der Waals surface area (Å²) in [6, 6.07) is -0.470. The summed E-state index contributed by atoms with van der Waals surface area (Å²) in [5.41, 5.74) is 6.25. The molecule has 6 heteroatoms. The van der Waals surface area contributed by atoms with Crippen molar-refractivity contribution in [1.29, 1.82) is 0 Å². The molecule has 0 aliphatic carbocycles. The third-order valence-corrected chi connectivity index (χ3v) is 2.20. The lowest BCUT2D eigenvalue weighted by Gasteiger charge is -2.07. The van der Waals surface area contributed by atoms with Crippen LogP contribution in [0, 0.1) is 0 Å². The molecule has 0 spiro atoms. The molecule has 1 heterocycles. The van der Waals surface area contributed by atoms with Crippen LogP contribution in [0.1, 0.15) is 13.3 Å². The largest absolute Gasteiger partial charge is 0.383 e. The molecular weight excluding hydrogens is 208 g/mol. The number of anilines is 1. The molecule has 6 nitrogen and oxygen atoms in total. The van der Waals surface area contributed by atoms with Gasteiger partial charge in [0.05, 0.1) is 31.1 Å². The van der Waals surface area contributed by atoms with Crippen LogP contribution in [-0.2, 0) is 16.1 Å². The number of rotatable bonds is 6. The van der Waals surface area contributed by atoms with Gasteiger partial charge in [0.2, 0.25) is 5.91 Å². The molecule has 1 amide bonds. The van der Waals surface area contributed by atoms with Crippen molar-refractivity contribution in [1.82, 2.24) is 9.78 Å². The van der Waals surface area contributed by atoms with Gasteiger partial charge >= 0.3 is 0 Å². The summed E-state index contributed by atoms with van der Waals surface area (Å²) in [4.78, 5) is 11.5. The molecule has 90 valence electrons. The number of nitrogens with two attached hydrogens (primary N) is 1. The molecular formula is C10H18N4O2. The molecule has 0 aromatic carbocycles. The van der Waals surface area contributed by atoms with E-state index >= 15 is 0 Å². The molecule has 0 aliphatic rings. The van der Waals surface area contributed by atoms with E-state index < -0.39 is 6.04 Å². The van der Waals surface area contributed by atoms with Gasteiger partial charge in [0.25, 0.3) is 0 Å². The van der Waals surface area contributed by atoms with Gasteiger partial charge in [-0.15, -0.1) is 0 Å². The molecule has 1 rings (SSSR count). The zero-order valence-electron chi connectivity index (χ0n) is 9.64. The van der Waals surface area contributed by atoms with Crippen molar-refractivity contribution in [2.75, 3.05) is 19.0 Å². The number of carbonyl (C=O) groups excluding carboxylic acids is 1. The Morgan fingerprint density at radius 2 is 2.50 bits per heavy atom. The summed E-state index contributed by atoms with van der Waals surface area (Å²) in [5, 5.41) is 6.77. The van der Waals surface area contributed by atoms with Crippen molar-refractivity contribution < 1.29 is 9.53 Å². The van der Waals surface area contributed by atoms with Crippen molar-refractivity contribution in [3.8, 4) is 0 Å². The topological polar surface area (TPSA) is 82.2 Å². The van der Waals surface area contributed by atoms with Crippen molar-refractivity contribution in [2.24, 2.45) is 5.73 Å². The van der Waals surface area contributed by atoms with Crippen molar-refractivity contribution in [2.45, 2.75) is 25.9 Å². The average Bonchev–Trinajstić information content (AvgIpc) is 2.72. The van der Waals surface area contributed by atoms with Crippen LogP contribution in [0.4, 0.5) is 5.69 Å². The third kappa shape index (κ3) is 3.63. The lowest BCUT2D eigenvalue weighted by Crippen LogP contribution is -2.34. The number of methoxy groups -OCH3 is 1. The highest BCUT2D eigenvalue weighted by molar-refractivity contribution is 5.94. The second kappa shape index (κ2) is 6.24. The summed E-state index contributed by atoms with van der Waals surface area (Å²) in [7, 11) is 1.63. The normalized spacial score (nSPS) is 12.4. The molecule has 1 atom stereocenters. The first-order valence-corrected chi connectivity index (χ1v) is 5.25. The van der Waals surface area contributed by atoms with Crippen LogP contribution < -0.4 is 11.1 Å². The smallest absolute Gasteiger partial charge is 0.241 e. The summed E-state index contributed by atoms with van der Waals surface area (Å²) in [5.74, 6) is -0.186. The molecule has 0 saturated carbocycles. The predicted molar refractivity (Wildman–Crippen MR) is 61.0 cm³/mol. The zero-order chi connectivity index (χ0) is 12.0. The first-order chi connectivity index (χ1) is 7.67. The van der Waals surface area contributed by atoms with E-state index in [0.717, 1.165) is 0 Å². The van der Waals surface area contributed by atoms with Gasteiger partial charge in [-0.3, -0.25) is 9.48 Å². The van der Waals surface area contributed by atoms with E-state index in [1.807, 2.05) is 6.92 Å². The molecule has 0 radical (unpaired) electrons. The highest BCUT2D eigenvalue weighted by atomic mass is 16.5. The van der Waals surface area contributed by atoms with Gasteiger partial charge in [0.1, 0.15) is 0 Å². The lowest BCUT2D eigenvalue weighted by atomic mass is 10.2. The second-order valence-corrected chi connectivity index (χ2v) is 3.49. The summed E-state index contributed by atoms with van der Waals surface area (Å²) < 4.78 is 6.63. The van der Waals surface area contributed by atoms with Crippen LogP contribution in [0.15, 0.2) is 12.4 Å². The van der Waals surface area contributed by atoms with E-state index in [1.165, 1.54) is 0 Å². The number of ether oxygens (including phenoxy) is 1. The highest BCUT2D eigenvalue weighted by Crippen LogP contribution is 2.05. The minimum atomic E-state index is -0.470. The average molecular weight is 226 g/mol. The minimum Gasteiger partial charge on any atom is -0.383 e. The molecule has 1 aromatic heterocycles. The summed E-state index contributed by atoms with van der Waals surface area (Å²) in [6.45, 7) is 3.11. The minimum absolute atomic E-state index is 0.186. The van der Waals surface area contributed by atoms with E-state index in [2.05, 4.69) is 10.4 Å². The maximum atomic E-state index is 11.5. The lowest BCUT2D eigenvalue weighted by molar-refractivity contribution is -0.117. The fraction of sp³-hybridized carbons (Fsp3) is 0.600. The SMILES string of the molecule is CC[C@H](N)C(=O)Nc1cnn(CCOC)c1. The van der Waals surface area contributed by atoms with Crippen molar-refractivity contribution in [3.05, 3.63) is 12.4 Å². The van der Waals surface area contributed by atoms with E-state index in [-0.39, 0.29) is 5.91 Å². The number of nitrogens with zero attached hydrogens (tertiary/aromatic N) is 2. The zero-order valence-corrected chi connectivity index (χ0v) is 9.64. The van der Waals surface area contributed by atoms with Crippen LogP contribution in [0.25, 0.3) is 0 Å². The third-order valence-electron chi connectivity index (χ3n) is 2.20. The number of nitrogens with one attached hydrogen (secondary N) is 1. The Hall–Kier alpha value is -1.40. The van der Waals surface area contributed by atoms with Gasteiger partial charge in [-0.2, -0.15) is 5.10 Å². The van der Waals surface area contributed by atoms with Crippen LogP contribution in [0.2, 0.25) is 0 Å². The maximum Gasteiger partial charge on any atom is 0.241 e. The molecule has 16 heavy (non-hydrogen) atoms. The molecule has 3 N–H and O–H groups in total. The van der Waals surface area contributed by atoms with Crippen LogP contribution in [0.3, 0.4) is 0 Å². The summed E-state index contributed by atoms with van der Waals surface area (Å²) in [6.07, 6.45) is 3.96. The first kappa shape index (κ1) is 12.7. The Morgan fingerprint density at radius 3 is 3.12 bits per heavy atom. The summed E-state index contributed by atoms with van der Waals surface area (Å²) >= 11 is 0.